The number of ether oxygens (including phenoxy) is 1. The van der Waals surface area contributed by atoms with Crippen LogP contribution >= 0.6 is 15.9 Å². The van der Waals surface area contributed by atoms with Gasteiger partial charge in [-0.15, -0.1) is 0 Å². The lowest BCUT2D eigenvalue weighted by atomic mass is 9.99. The van der Waals surface area contributed by atoms with Gasteiger partial charge in [0.25, 0.3) is 0 Å². The predicted octanol–water partition coefficient (Wildman–Crippen LogP) is 3.92. The number of nitrogens with one attached hydrogen (secondary N) is 1. The van der Waals surface area contributed by atoms with Gasteiger partial charge in [0.1, 0.15) is 5.82 Å². The van der Waals surface area contributed by atoms with Crippen molar-refractivity contribution in [3.8, 4) is 0 Å². The topological polar surface area (TPSA) is 21.3 Å². The fourth-order valence-corrected chi connectivity index (χ4v) is 2.70. The zero-order chi connectivity index (χ0) is 14.3. The number of likely N-dealkylation sites (N-methyl/N-ethyl adjacent to an activating group) is 1. The van der Waals surface area contributed by atoms with Gasteiger partial charge in [-0.05, 0) is 53.9 Å². The predicted molar refractivity (Wildman–Crippen MR) is 81.0 cm³/mol. The average Bonchev–Trinajstić information content (AvgIpc) is 2.40. The third-order valence-electron chi connectivity index (χ3n) is 3.17. The highest BCUT2D eigenvalue weighted by molar-refractivity contribution is 9.10. The maximum Gasteiger partial charge on any atom is 0.137 e. The minimum Gasteiger partial charge on any atom is -0.377 e. The zero-order valence-electron chi connectivity index (χ0n) is 11.9. The van der Waals surface area contributed by atoms with E-state index in [1.165, 1.54) is 6.07 Å². The second-order valence-electron chi connectivity index (χ2n) is 4.48. The maximum atomic E-state index is 13.5. The molecule has 19 heavy (non-hydrogen) atoms. The summed E-state index contributed by atoms with van der Waals surface area (Å²) in [6, 6.07) is 5.37. The third-order valence-corrected chi connectivity index (χ3v) is 4.06. The van der Waals surface area contributed by atoms with E-state index in [4.69, 9.17) is 4.74 Å². The molecule has 1 rings (SSSR count). The molecule has 0 aliphatic heterocycles. The largest absolute Gasteiger partial charge is 0.377 e. The van der Waals surface area contributed by atoms with Crippen molar-refractivity contribution in [2.45, 2.75) is 45.8 Å². The lowest BCUT2D eigenvalue weighted by Gasteiger charge is -2.27. The van der Waals surface area contributed by atoms with Crippen LogP contribution in [0, 0.1) is 5.82 Å². The Morgan fingerprint density at radius 1 is 1.32 bits per heavy atom. The SMILES string of the molecule is CCNC(Cc1cccc(F)c1Br)C(CC)OCC. The highest BCUT2D eigenvalue weighted by atomic mass is 79.9. The molecule has 0 spiro atoms. The van der Waals surface area contributed by atoms with Crippen molar-refractivity contribution >= 4 is 15.9 Å². The fourth-order valence-electron chi connectivity index (χ4n) is 2.27. The molecule has 0 aromatic heterocycles. The van der Waals surface area contributed by atoms with Crippen molar-refractivity contribution in [1.29, 1.82) is 0 Å². The minimum absolute atomic E-state index is 0.153. The van der Waals surface area contributed by atoms with E-state index in [0.29, 0.717) is 11.1 Å². The van der Waals surface area contributed by atoms with Crippen molar-refractivity contribution < 1.29 is 9.13 Å². The summed E-state index contributed by atoms with van der Waals surface area (Å²) in [5.74, 6) is -0.211. The van der Waals surface area contributed by atoms with Gasteiger partial charge in [0.15, 0.2) is 0 Å². The van der Waals surface area contributed by atoms with E-state index < -0.39 is 0 Å². The minimum atomic E-state index is -0.211. The van der Waals surface area contributed by atoms with Crippen LogP contribution in [0.25, 0.3) is 0 Å². The van der Waals surface area contributed by atoms with Crippen LogP contribution in [-0.2, 0) is 11.2 Å². The van der Waals surface area contributed by atoms with Gasteiger partial charge in [-0.1, -0.05) is 26.0 Å². The Kier molecular flexibility index (Phi) is 7.57. The molecule has 2 nitrogen and oxygen atoms in total. The zero-order valence-corrected chi connectivity index (χ0v) is 13.5. The van der Waals surface area contributed by atoms with Crippen LogP contribution in [0.15, 0.2) is 22.7 Å². The van der Waals surface area contributed by atoms with Gasteiger partial charge in [0, 0.05) is 12.6 Å². The van der Waals surface area contributed by atoms with E-state index in [1.807, 2.05) is 13.0 Å². The van der Waals surface area contributed by atoms with Gasteiger partial charge in [-0.2, -0.15) is 0 Å². The number of benzene rings is 1. The summed E-state index contributed by atoms with van der Waals surface area (Å²) in [4.78, 5) is 0. The molecule has 0 aliphatic rings. The van der Waals surface area contributed by atoms with Crippen LogP contribution in [0.2, 0.25) is 0 Å². The third kappa shape index (κ3) is 4.86. The fraction of sp³-hybridized carbons (Fsp3) is 0.600. The Hall–Kier alpha value is -0.450. The van der Waals surface area contributed by atoms with Gasteiger partial charge in [0.2, 0.25) is 0 Å². The molecule has 0 fully saturated rings. The quantitative estimate of drug-likeness (QED) is 0.779. The van der Waals surface area contributed by atoms with Crippen molar-refractivity contribution in [3.63, 3.8) is 0 Å². The highest BCUT2D eigenvalue weighted by Crippen LogP contribution is 2.23. The number of hydrogen-bond acceptors (Lipinski definition) is 2. The van der Waals surface area contributed by atoms with Gasteiger partial charge < -0.3 is 10.1 Å². The molecule has 0 saturated carbocycles. The molecular weight excluding hydrogens is 309 g/mol. The number of halogens is 2. The first-order valence-electron chi connectivity index (χ1n) is 6.91. The first kappa shape index (κ1) is 16.6. The monoisotopic (exact) mass is 331 g/mol. The molecule has 0 saturated heterocycles. The molecule has 1 N–H and O–H groups in total. The van der Waals surface area contributed by atoms with E-state index in [-0.39, 0.29) is 18.0 Å². The number of rotatable bonds is 8. The van der Waals surface area contributed by atoms with Crippen LogP contribution in [0.5, 0.6) is 0 Å². The van der Waals surface area contributed by atoms with Crippen LogP contribution in [0.3, 0.4) is 0 Å². The summed E-state index contributed by atoms with van der Waals surface area (Å²) < 4.78 is 19.9. The summed E-state index contributed by atoms with van der Waals surface area (Å²) in [5, 5.41) is 3.45. The van der Waals surface area contributed by atoms with Crippen molar-refractivity contribution in [2.24, 2.45) is 0 Å². The number of hydrogen-bond donors (Lipinski definition) is 1. The molecule has 0 heterocycles. The summed E-state index contributed by atoms with van der Waals surface area (Å²) in [7, 11) is 0. The van der Waals surface area contributed by atoms with Gasteiger partial charge in [0.05, 0.1) is 10.6 Å². The first-order chi connectivity index (χ1) is 9.13. The molecule has 0 bridgehead atoms. The van der Waals surface area contributed by atoms with Gasteiger partial charge in [-0.3, -0.25) is 0 Å². The van der Waals surface area contributed by atoms with E-state index >= 15 is 0 Å². The Labute approximate surface area is 123 Å². The van der Waals surface area contributed by atoms with Gasteiger partial charge in [-0.25, -0.2) is 4.39 Å². The Morgan fingerprint density at radius 2 is 2.05 bits per heavy atom. The Balaban J connectivity index is 2.85. The molecule has 0 radical (unpaired) electrons. The van der Waals surface area contributed by atoms with E-state index in [2.05, 4.69) is 35.1 Å². The summed E-state index contributed by atoms with van der Waals surface area (Å²) >= 11 is 3.33. The summed E-state index contributed by atoms with van der Waals surface area (Å²) in [6.07, 6.45) is 1.85. The van der Waals surface area contributed by atoms with Crippen molar-refractivity contribution in [3.05, 3.63) is 34.1 Å². The van der Waals surface area contributed by atoms with Crippen molar-refractivity contribution in [1.82, 2.24) is 5.32 Å². The molecule has 108 valence electrons. The molecule has 2 atom stereocenters. The van der Waals surface area contributed by atoms with Crippen LogP contribution in [0.4, 0.5) is 4.39 Å². The van der Waals surface area contributed by atoms with Gasteiger partial charge >= 0.3 is 0 Å². The van der Waals surface area contributed by atoms with E-state index in [1.54, 1.807) is 6.07 Å². The second kappa shape index (κ2) is 8.67. The molecule has 1 aromatic rings. The lowest BCUT2D eigenvalue weighted by Crippen LogP contribution is -2.42. The lowest BCUT2D eigenvalue weighted by molar-refractivity contribution is 0.0323. The molecule has 2 unspecified atom stereocenters. The normalized spacial score (nSPS) is 14.4. The summed E-state index contributed by atoms with van der Waals surface area (Å²) in [6.45, 7) is 7.77. The van der Waals surface area contributed by atoms with E-state index in [0.717, 1.165) is 24.9 Å². The standard InChI is InChI=1S/C15H23BrFNO/c1-4-14(19-6-3)13(18-5-2)10-11-8-7-9-12(17)15(11)16/h7-9,13-14,18H,4-6,10H2,1-3H3. The first-order valence-corrected chi connectivity index (χ1v) is 7.71. The summed E-state index contributed by atoms with van der Waals surface area (Å²) in [5.41, 5.74) is 0.976. The average molecular weight is 332 g/mol. The van der Waals surface area contributed by atoms with Crippen LogP contribution < -0.4 is 5.32 Å². The molecule has 0 aliphatic carbocycles. The van der Waals surface area contributed by atoms with Crippen molar-refractivity contribution in [2.75, 3.05) is 13.2 Å². The molecular formula is C15H23BrFNO. The molecule has 1 aromatic carbocycles. The van der Waals surface area contributed by atoms with Crippen LogP contribution in [-0.4, -0.2) is 25.3 Å². The molecule has 0 amide bonds. The molecule has 4 heteroatoms. The Bertz CT molecular complexity index is 386. The Morgan fingerprint density at radius 3 is 2.63 bits per heavy atom. The smallest absolute Gasteiger partial charge is 0.137 e. The second-order valence-corrected chi connectivity index (χ2v) is 5.28. The maximum absolute atomic E-state index is 13.5. The van der Waals surface area contributed by atoms with Crippen LogP contribution in [0.1, 0.15) is 32.8 Å². The highest BCUT2D eigenvalue weighted by Gasteiger charge is 2.21. The van der Waals surface area contributed by atoms with E-state index in [9.17, 15) is 4.39 Å².